The second-order valence-electron chi connectivity index (χ2n) is 7.94. The van der Waals surface area contributed by atoms with Gasteiger partial charge in [-0.25, -0.2) is 0 Å². The van der Waals surface area contributed by atoms with Crippen LogP contribution in [0.3, 0.4) is 0 Å². The van der Waals surface area contributed by atoms with Crippen LogP contribution in [0.5, 0.6) is 0 Å². The quantitative estimate of drug-likeness (QED) is 0.282. The van der Waals surface area contributed by atoms with Crippen LogP contribution >= 0.6 is 11.8 Å². The maximum atomic E-state index is 13.1. The number of nitrogens with zero attached hydrogens (tertiary/aromatic N) is 4. The molecule has 34 heavy (non-hydrogen) atoms. The van der Waals surface area contributed by atoms with E-state index in [1.54, 1.807) is 16.8 Å². The third-order valence-electron chi connectivity index (χ3n) is 5.63. The summed E-state index contributed by atoms with van der Waals surface area (Å²) in [6, 6.07) is 21.0. The molecule has 0 atom stereocenters. The molecule has 0 unspecified atom stereocenters. The van der Waals surface area contributed by atoms with Crippen molar-refractivity contribution in [3.63, 3.8) is 0 Å². The van der Waals surface area contributed by atoms with Gasteiger partial charge in [-0.3, -0.25) is 19.7 Å². The van der Waals surface area contributed by atoms with E-state index >= 15 is 0 Å². The number of aromatic nitrogens is 4. The standard InChI is InChI=1S/C26H27N5O2S/c1-4-30-24(16-20-11-7-5-8-12-20)27-28-26(30)34-17-23(32)22-15-18(2)31(19(22)3)29-25(33)21-13-9-6-10-14-21/h5-15H,4,16-17H2,1-3H3,(H,29,33). The van der Waals surface area contributed by atoms with Crippen LogP contribution in [0.25, 0.3) is 0 Å². The number of rotatable bonds is 9. The van der Waals surface area contributed by atoms with E-state index < -0.39 is 0 Å². The van der Waals surface area contributed by atoms with Crippen LogP contribution in [0.2, 0.25) is 0 Å². The fourth-order valence-corrected chi connectivity index (χ4v) is 4.74. The van der Waals surface area contributed by atoms with E-state index in [1.165, 1.54) is 17.3 Å². The summed E-state index contributed by atoms with van der Waals surface area (Å²) < 4.78 is 3.72. The molecular weight excluding hydrogens is 446 g/mol. The molecule has 0 aliphatic rings. The zero-order chi connectivity index (χ0) is 24.1. The molecule has 0 spiro atoms. The van der Waals surface area contributed by atoms with E-state index in [9.17, 15) is 9.59 Å². The van der Waals surface area contributed by atoms with Gasteiger partial charge in [-0.15, -0.1) is 10.2 Å². The Kier molecular flexibility index (Phi) is 7.27. The maximum absolute atomic E-state index is 13.1. The summed E-state index contributed by atoms with van der Waals surface area (Å²) in [5.74, 6) is 0.872. The first kappa shape index (κ1) is 23.5. The fourth-order valence-electron chi connectivity index (χ4n) is 3.83. The SMILES string of the molecule is CCn1c(Cc2ccccc2)nnc1SCC(=O)c1cc(C)n(NC(=O)c2ccccc2)c1C. The van der Waals surface area contributed by atoms with Gasteiger partial charge < -0.3 is 4.57 Å². The Morgan fingerprint density at radius 3 is 2.32 bits per heavy atom. The van der Waals surface area contributed by atoms with Gasteiger partial charge in [0.15, 0.2) is 10.9 Å². The molecule has 2 heterocycles. The van der Waals surface area contributed by atoms with Gasteiger partial charge in [0, 0.05) is 35.5 Å². The average molecular weight is 474 g/mol. The monoisotopic (exact) mass is 473 g/mol. The summed E-state index contributed by atoms with van der Waals surface area (Å²) in [7, 11) is 0. The van der Waals surface area contributed by atoms with Crippen molar-refractivity contribution in [1.82, 2.24) is 19.4 Å². The molecule has 2 aromatic carbocycles. The predicted octanol–water partition coefficient (Wildman–Crippen LogP) is 4.67. The maximum Gasteiger partial charge on any atom is 0.270 e. The van der Waals surface area contributed by atoms with Crippen molar-refractivity contribution in [3.8, 4) is 0 Å². The highest BCUT2D eigenvalue weighted by Crippen LogP contribution is 2.22. The Bertz CT molecular complexity index is 1300. The van der Waals surface area contributed by atoms with E-state index in [1.807, 2.05) is 67.8 Å². The van der Waals surface area contributed by atoms with E-state index in [0.717, 1.165) is 23.2 Å². The number of thioether (sulfide) groups is 1. The van der Waals surface area contributed by atoms with Crippen LogP contribution in [0.15, 0.2) is 71.9 Å². The van der Waals surface area contributed by atoms with E-state index in [-0.39, 0.29) is 17.4 Å². The number of benzene rings is 2. The van der Waals surface area contributed by atoms with Crippen molar-refractivity contribution in [3.05, 3.63) is 101 Å². The zero-order valence-corrected chi connectivity index (χ0v) is 20.3. The lowest BCUT2D eigenvalue weighted by Gasteiger charge is -2.11. The molecule has 4 rings (SSSR count). The normalized spacial score (nSPS) is 10.9. The average Bonchev–Trinajstić information content (AvgIpc) is 3.38. The summed E-state index contributed by atoms with van der Waals surface area (Å²) in [5.41, 5.74) is 6.69. The Balaban J connectivity index is 1.45. The van der Waals surface area contributed by atoms with Crippen molar-refractivity contribution in [2.24, 2.45) is 0 Å². The second-order valence-corrected chi connectivity index (χ2v) is 8.89. The largest absolute Gasteiger partial charge is 0.306 e. The Morgan fingerprint density at radius 1 is 0.971 bits per heavy atom. The molecule has 0 aliphatic carbocycles. The molecule has 0 saturated carbocycles. The summed E-state index contributed by atoms with van der Waals surface area (Å²) in [5, 5.41) is 9.42. The summed E-state index contributed by atoms with van der Waals surface area (Å²) in [6.07, 6.45) is 0.693. The molecule has 0 fully saturated rings. The number of hydrogen-bond donors (Lipinski definition) is 1. The van der Waals surface area contributed by atoms with Gasteiger partial charge >= 0.3 is 0 Å². The minimum Gasteiger partial charge on any atom is -0.306 e. The number of ketones is 1. The van der Waals surface area contributed by atoms with Gasteiger partial charge in [-0.05, 0) is 44.5 Å². The van der Waals surface area contributed by atoms with E-state index in [4.69, 9.17) is 0 Å². The highest BCUT2D eigenvalue weighted by Gasteiger charge is 2.19. The highest BCUT2D eigenvalue weighted by atomic mass is 32.2. The smallest absolute Gasteiger partial charge is 0.270 e. The second kappa shape index (κ2) is 10.5. The van der Waals surface area contributed by atoms with Crippen molar-refractivity contribution < 1.29 is 9.59 Å². The molecule has 1 N–H and O–H groups in total. The molecule has 0 saturated heterocycles. The van der Waals surface area contributed by atoms with Crippen molar-refractivity contribution >= 4 is 23.5 Å². The topological polar surface area (TPSA) is 81.8 Å². The van der Waals surface area contributed by atoms with E-state index in [0.29, 0.717) is 23.2 Å². The Hall–Kier alpha value is -3.65. The third kappa shape index (κ3) is 5.12. The molecule has 2 aromatic heterocycles. The molecule has 0 aliphatic heterocycles. The van der Waals surface area contributed by atoms with Crippen LogP contribution in [-0.2, 0) is 13.0 Å². The minimum atomic E-state index is -0.224. The number of hydrogen-bond acceptors (Lipinski definition) is 5. The van der Waals surface area contributed by atoms with Gasteiger partial charge in [-0.2, -0.15) is 0 Å². The zero-order valence-electron chi connectivity index (χ0n) is 19.5. The Labute approximate surface area is 203 Å². The Morgan fingerprint density at radius 2 is 1.65 bits per heavy atom. The van der Waals surface area contributed by atoms with Crippen molar-refractivity contribution in [1.29, 1.82) is 0 Å². The van der Waals surface area contributed by atoms with Gasteiger partial charge in [0.05, 0.1) is 5.75 Å². The molecule has 0 radical (unpaired) electrons. The van der Waals surface area contributed by atoms with Gasteiger partial charge in [0.2, 0.25) is 0 Å². The third-order valence-corrected chi connectivity index (χ3v) is 6.59. The number of aryl methyl sites for hydroxylation is 1. The molecular formula is C26H27N5O2S. The van der Waals surface area contributed by atoms with Crippen LogP contribution in [0, 0.1) is 13.8 Å². The van der Waals surface area contributed by atoms with Crippen LogP contribution in [0.4, 0.5) is 0 Å². The number of carbonyl (C=O) groups excluding carboxylic acids is 2. The van der Waals surface area contributed by atoms with Crippen molar-refractivity contribution in [2.75, 3.05) is 11.2 Å². The fraction of sp³-hybridized carbons (Fsp3) is 0.231. The number of Topliss-reactive ketones (excluding diaryl/α,β-unsaturated/α-hetero) is 1. The van der Waals surface area contributed by atoms with Crippen LogP contribution in [-0.4, -0.2) is 36.9 Å². The molecule has 174 valence electrons. The predicted molar refractivity (Wildman–Crippen MR) is 134 cm³/mol. The molecule has 0 bridgehead atoms. The first-order valence-corrected chi connectivity index (χ1v) is 12.1. The molecule has 4 aromatic rings. The van der Waals surface area contributed by atoms with Crippen LogP contribution < -0.4 is 5.43 Å². The summed E-state index contributed by atoms with van der Waals surface area (Å²) in [4.78, 5) is 25.6. The molecule has 1 amide bonds. The lowest BCUT2D eigenvalue weighted by atomic mass is 10.1. The first-order valence-electron chi connectivity index (χ1n) is 11.1. The lowest BCUT2D eigenvalue weighted by Crippen LogP contribution is -2.25. The summed E-state index contributed by atoms with van der Waals surface area (Å²) in [6.45, 7) is 6.48. The van der Waals surface area contributed by atoms with Crippen molar-refractivity contribution in [2.45, 2.75) is 38.9 Å². The number of carbonyl (C=O) groups is 2. The number of amides is 1. The molecule has 7 nitrogen and oxygen atoms in total. The first-order chi connectivity index (χ1) is 16.5. The van der Waals surface area contributed by atoms with E-state index in [2.05, 4.69) is 27.8 Å². The minimum absolute atomic E-state index is 0.0198. The van der Waals surface area contributed by atoms with Gasteiger partial charge in [0.25, 0.3) is 5.91 Å². The number of nitrogens with one attached hydrogen (secondary N) is 1. The van der Waals surface area contributed by atoms with Gasteiger partial charge in [-0.1, -0.05) is 60.3 Å². The molecule has 8 heteroatoms. The van der Waals surface area contributed by atoms with Crippen LogP contribution in [0.1, 0.15) is 50.4 Å². The summed E-state index contributed by atoms with van der Waals surface area (Å²) >= 11 is 1.38. The highest BCUT2D eigenvalue weighted by molar-refractivity contribution is 7.99. The lowest BCUT2D eigenvalue weighted by molar-refractivity contribution is 0.0999. The van der Waals surface area contributed by atoms with Gasteiger partial charge in [0.1, 0.15) is 5.82 Å².